The number of hydrogen-bond acceptors (Lipinski definition) is 0. The molecule has 2 aromatic rings. The van der Waals surface area contributed by atoms with Crippen molar-refractivity contribution in [3.63, 3.8) is 0 Å². The first kappa shape index (κ1) is 24.7. The average Bonchev–Trinajstić information content (AvgIpc) is 3.28. The molecule has 0 nitrogen and oxygen atoms in total. The molecule has 0 saturated heterocycles. The Labute approximate surface area is 203 Å². The van der Waals surface area contributed by atoms with E-state index in [-0.39, 0.29) is 18.1 Å². The van der Waals surface area contributed by atoms with Crippen molar-refractivity contribution >= 4 is 35.1 Å². The van der Waals surface area contributed by atoms with Gasteiger partial charge in [0.25, 0.3) is 0 Å². The molecule has 0 bridgehead atoms. The molecule has 2 atom stereocenters. The fraction of sp³-hybridized carbons (Fsp3) is 0.429. The van der Waals surface area contributed by atoms with E-state index in [1.54, 1.807) is 0 Å². The third-order valence-corrected chi connectivity index (χ3v) is 59.4. The summed E-state index contributed by atoms with van der Waals surface area (Å²) in [7, 11) is 16.7. The molecule has 171 valence electrons. The standard InChI is InChI=1S/2C13H15.C2H7Si.2ClH.Zr/c2*1-13(2,3)12-8-10-6-4-5-7-11(10)9-12;1-3-2;;;/h2*4-9H,1-3H3;3H,1-2H3;2*1H;/q;;;;;+2/p-2. The van der Waals surface area contributed by atoms with Crippen molar-refractivity contribution in [2.75, 3.05) is 0 Å². The van der Waals surface area contributed by atoms with Gasteiger partial charge in [-0.05, 0) is 0 Å². The zero-order valence-electron chi connectivity index (χ0n) is 20.8. The molecule has 0 saturated carbocycles. The second kappa shape index (κ2) is 7.81. The molecule has 0 fully saturated rings. The summed E-state index contributed by atoms with van der Waals surface area (Å²) in [5, 5.41) is 0. The predicted octanol–water partition coefficient (Wildman–Crippen LogP) is 9.34. The Kier molecular flexibility index (Phi) is 6.03. The number of hydrogen-bond donors (Lipinski definition) is 0. The number of rotatable bonds is 3. The van der Waals surface area contributed by atoms with Crippen LogP contribution >= 0.6 is 17.0 Å². The molecule has 2 unspecified atom stereocenters. The number of fused-ring (bicyclic) bond motifs is 2. The topological polar surface area (TPSA) is 0 Å². The fourth-order valence-corrected chi connectivity index (χ4v) is 37.4. The van der Waals surface area contributed by atoms with Gasteiger partial charge in [-0.2, -0.15) is 0 Å². The van der Waals surface area contributed by atoms with Crippen molar-refractivity contribution in [1.29, 1.82) is 0 Å². The Hall–Kier alpha value is -0.400. The summed E-state index contributed by atoms with van der Waals surface area (Å²) < 4.78 is 0.314. The Morgan fingerprint density at radius 1 is 0.656 bits per heavy atom. The van der Waals surface area contributed by atoms with E-state index >= 15 is 0 Å². The molecule has 0 aliphatic heterocycles. The molecule has 0 amide bonds. The predicted molar refractivity (Wildman–Crippen MR) is 144 cm³/mol. The molecule has 32 heavy (non-hydrogen) atoms. The third-order valence-electron chi connectivity index (χ3n) is 7.80. The van der Waals surface area contributed by atoms with Crippen molar-refractivity contribution in [2.45, 2.75) is 61.9 Å². The van der Waals surface area contributed by atoms with Crippen molar-refractivity contribution in [3.8, 4) is 0 Å². The van der Waals surface area contributed by atoms with Crippen LogP contribution in [0.2, 0.25) is 13.1 Å². The van der Waals surface area contributed by atoms with E-state index in [9.17, 15) is 0 Å². The quantitative estimate of drug-likeness (QED) is 0.326. The summed E-state index contributed by atoms with van der Waals surface area (Å²) >= 11 is -4.61. The first-order valence-corrected chi connectivity index (χ1v) is 28.2. The molecule has 0 aromatic heterocycles. The minimum absolute atomic E-state index is 0.00950. The molecule has 0 spiro atoms. The van der Waals surface area contributed by atoms with E-state index in [0.29, 0.717) is 0 Å². The average molecular weight is 564 g/mol. The maximum atomic E-state index is 8.35. The summed E-state index contributed by atoms with van der Waals surface area (Å²) in [6, 6.07) is 17.7. The van der Waals surface area contributed by atoms with Gasteiger partial charge in [0, 0.05) is 0 Å². The Morgan fingerprint density at radius 3 is 1.31 bits per heavy atom. The van der Waals surface area contributed by atoms with Crippen molar-refractivity contribution in [2.24, 2.45) is 10.8 Å². The van der Waals surface area contributed by atoms with Gasteiger partial charge < -0.3 is 0 Å². The molecule has 4 rings (SSSR count). The molecular formula is C28H37Cl2SiZr. The number of benzene rings is 2. The Morgan fingerprint density at radius 2 is 1.00 bits per heavy atom. The molecular weight excluding hydrogens is 527 g/mol. The maximum absolute atomic E-state index is 8.35. The first-order valence-electron chi connectivity index (χ1n) is 11.9. The summed E-state index contributed by atoms with van der Waals surface area (Å²) in [6.07, 6.45) is 4.83. The van der Waals surface area contributed by atoms with Crippen molar-refractivity contribution < 1.29 is 15.6 Å². The molecule has 0 heterocycles. The van der Waals surface area contributed by atoms with E-state index in [4.69, 9.17) is 17.0 Å². The zero-order valence-corrected chi connectivity index (χ0v) is 25.9. The van der Waals surface area contributed by atoms with Gasteiger partial charge >= 0.3 is 205 Å². The van der Waals surface area contributed by atoms with E-state index < -0.39 is 21.5 Å². The summed E-state index contributed by atoms with van der Waals surface area (Å²) in [5.74, 6) is -1.50. The Balaban J connectivity index is 2.07. The van der Waals surface area contributed by atoms with Crippen LogP contribution in [0.15, 0.2) is 59.7 Å². The third kappa shape index (κ3) is 3.64. The second-order valence-electron chi connectivity index (χ2n) is 12.2. The second-order valence-corrected chi connectivity index (χ2v) is 54.7. The van der Waals surface area contributed by atoms with E-state index in [2.05, 4.69) is 115 Å². The molecule has 2 aromatic carbocycles. The van der Waals surface area contributed by atoms with Crippen LogP contribution in [0.4, 0.5) is 0 Å². The molecule has 2 aliphatic rings. The van der Waals surface area contributed by atoms with Crippen molar-refractivity contribution in [1.82, 2.24) is 0 Å². The van der Waals surface area contributed by atoms with Crippen LogP contribution in [-0.4, -0.2) is 5.92 Å². The normalized spacial score (nSPS) is 22.2. The van der Waals surface area contributed by atoms with Gasteiger partial charge in [0.15, 0.2) is 0 Å². The van der Waals surface area contributed by atoms with Crippen LogP contribution in [0.3, 0.4) is 0 Å². The first-order chi connectivity index (χ1) is 14.7. The van der Waals surface area contributed by atoms with Crippen LogP contribution in [0.25, 0.3) is 12.2 Å². The molecule has 0 radical (unpaired) electrons. The van der Waals surface area contributed by atoms with Crippen LogP contribution in [0, 0.1) is 10.8 Å². The van der Waals surface area contributed by atoms with Crippen LogP contribution in [-0.2, 0) is 15.6 Å². The van der Waals surface area contributed by atoms with Gasteiger partial charge in [-0.3, -0.25) is 0 Å². The molecule has 4 heteroatoms. The SMILES string of the molecule is C[SiH](C)[Zr]([Cl])([Cl])([CH]1C(C(C)(C)C)=Cc2ccccc21)[CH]1C(C(C)(C)C)=Cc2ccccc21. The van der Waals surface area contributed by atoms with Crippen LogP contribution in [0.5, 0.6) is 0 Å². The van der Waals surface area contributed by atoms with Crippen molar-refractivity contribution in [3.05, 3.63) is 81.9 Å². The van der Waals surface area contributed by atoms with Gasteiger partial charge in [-0.15, -0.1) is 0 Å². The molecule has 2 aliphatic carbocycles. The van der Waals surface area contributed by atoms with Gasteiger partial charge in [-0.25, -0.2) is 0 Å². The van der Waals surface area contributed by atoms with E-state index in [1.165, 1.54) is 33.4 Å². The Bertz CT molecular complexity index is 1050. The summed E-state index contributed by atoms with van der Waals surface area (Å²) in [6.45, 7) is 18.8. The van der Waals surface area contributed by atoms with Crippen LogP contribution < -0.4 is 0 Å². The summed E-state index contributed by atoms with van der Waals surface area (Å²) in [4.78, 5) is 0. The van der Waals surface area contributed by atoms with Gasteiger partial charge in [0.2, 0.25) is 0 Å². The molecule has 0 N–H and O–H groups in total. The van der Waals surface area contributed by atoms with E-state index in [0.717, 1.165) is 0 Å². The van der Waals surface area contributed by atoms with Crippen LogP contribution in [0.1, 0.15) is 71.0 Å². The fourth-order valence-electron chi connectivity index (χ4n) is 5.97. The van der Waals surface area contributed by atoms with E-state index in [1.807, 2.05) is 0 Å². The number of allylic oxidation sites excluding steroid dienone is 2. The minimum atomic E-state index is -4.61. The summed E-state index contributed by atoms with van der Waals surface area (Å²) in [5.41, 5.74) is 8.25. The monoisotopic (exact) mass is 561 g/mol. The van der Waals surface area contributed by atoms with Gasteiger partial charge in [0.1, 0.15) is 0 Å². The number of halogens is 2. The zero-order chi connectivity index (χ0) is 23.7. The van der Waals surface area contributed by atoms with Gasteiger partial charge in [-0.1, -0.05) is 0 Å². The van der Waals surface area contributed by atoms with Gasteiger partial charge in [0.05, 0.1) is 0 Å².